The van der Waals surface area contributed by atoms with Crippen LogP contribution in [0.3, 0.4) is 0 Å². The van der Waals surface area contributed by atoms with Crippen molar-refractivity contribution >= 4 is 12.6 Å². The van der Waals surface area contributed by atoms with Crippen LogP contribution in [0.4, 0.5) is 0 Å². The average molecular weight is 238 g/mol. The lowest BCUT2D eigenvalue weighted by Crippen LogP contribution is -2.43. The minimum Gasteiger partial charge on any atom is -0.532 e. The molecular weight excluding hydrogens is 223 g/mol. The van der Waals surface area contributed by atoms with Gasteiger partial charge in [-0.25, -0.2) is 0 Å². The monoisotopic (exact) mass is 238 g/mol. The highest BCUT2D eigenvalue weighted by atomic mass is 16.6. The van der Waals surface area contributed by atoms with Gasteiger partial charge in [-0.05, 0) is 17.9 Å². The van der Waals surface area contributed by atoms with Crippen LogP contribution in [-0.2, 0) is 4.65 Å². The molecule has 1 aliphatic rings. The molecule has 2 aromatic rings. The Morgan fingerprint density at radius 2 is 1.72 bits per heavy atom. The maximum atomic E-state index is 6.03. The summed E-state index contributed by atoms with van der Waals surface area (Å²) in [5, 5.41) is 0. The summed E-state index contributed by atoms with van der Waals surface area (Å²) in [7, 11) is -0.300. The Bertz CT molecular complexity index is 527. The first-order chi connectivity index (χ1) is 8.88. The van der Waals surface area contributed by atoms with E-state index in [4.69, 9.17) is 9.31 Å². The standard InChI is InChI=1S/C15H15BO2/c1-2-14-13-10-6-7-11-15(13)18-16(17-14)12-8-4-3-5-9-12/h3-11,14H,2H2,1H3. The molecule has 0 fully saturated rings. The molecule has 0 bridgehead atoms. The van der Waals surface area contributed by atoms with E-state index in [0.29, 0.717) is 0 Å². The van der Waals surface area contributed by atoms with E-state index in [-0.39, 0.29) is 13.2 Å². The number of fused-ring (bicyclic) bond motifs is 1. The Labute approximate surface area is 108 Å². The Morgan fingerprint density at radius 1 is 1.00 bits per heavy atom. The van der Waals surface area contributed by atoms with E-state index >= 15 is 0 Å². The summed E-state index contributed by atoms with van der Waals surface area (Å²) in [6.45, 7) is 2.13. The maximum Gasteiger partial charge on any atom is 0.563 e. The highest BCUT2D eigenvalue weighted by molar-refractivity contribution is 6.62. The number of para-hydroxylation sites is 1. The van der Waals surface area contributed by atoms with Crippen LogP contribution in [0.5, 0.6) is 5.75 Å². The molecule has 1 heterocycles. The number of hydrogen-bond acceptors (Lipinski definition) is 2. The first kappa shape index (κ1) is 11.4. The van der Waals surface area contributed by atoms with E-state index in [0.717, 1.165) is 23.2 Å². The largest absolute Gasteiger partial charge is 0.563 e. The summed E-state index contributed by atoms with van der Waals surface area (Å²) in [6.07, 6.45) is 1.06. The average Bonchev–Trinajstić information content (AvgIpc) is 2.47. The van der Waals surface area contributed by atoms with Gasteiger partial charge in [0.25, 0.3) is 0 Å². The fourth-order valence-electron chi connectivity index (χ4n) is 2.29. The quantitative estimate of drug-likeness (QED) is 0.749. The van der Waals surface area contributed by atoms with Crippen molar-refractivity contribution in [2.75, 3.05) is 0 Å². The van der Waals surface area contributed by atoms with Crippen molar-refractivity contribution in [1.29, 1.82) is 0 Å². The molecule has 0 spiro atoms. The van der Waals surface area contributed by atoms with Gasteiger partial charge in [-0.3, -0.25) is 0 Å². The van der Waals surface area contributed by atoms with Crippen LogP contribution in [0.1, 0.15) is 25.0 Å². The van der Waals surface area contributed by atoms with Gasteiger partial charge in [0.1, 0.15) is 5.75 Å². The van der Waals surface area contributed by atoms with Crippen LogP contribution in [0.2, 0.25) is 0 Å². The zero-order chi connectivity index (χ0) is 12.4. The van der Waals surface area contributed by atoms with E-state index < -0.39 is 0 Å². The van der Waals surface area contributed by atoms with Crippen LogP contribution in [0, 0.1) is 0 Å². The summed E-state index contributed by atoms with van der Waals surface area (Å²) in [5.74, 6) is 0.935. The highest BCUT2D eigenvalue weighted by Crippen LogP contribution is 2.34. The molecule has 2 nitrogen and oxygen atoms in total. The maximum absolute atomic E-state index is 6.03. The van der Waals surface area contributed by atoms with E-state index in [1.807, 2.05) is 48.5 Å². The highest BCUT2D eigenvalue weighted by Gasteiger charge is 2.33. The Hall–Kier alpha value is -1.74. The second-order valence-corrected chi connectivity index (χ2v) is 4.43. The van der Waals surface area contributed by atoms with Gasteiger partial charge < -0.3 is 9.31 Å². The molecule has 3 heteroatoms. The normalized spacial score (nSPS) is 18.1. The minimum absolute atomic E-state index is 0.111. The SMILES string of the molecule is CCC1OB(c2ccccc2)Oc2ccccc21. The van der Waals surface area contributed by atoms with Gasteiger partial charge in [-0.15, -0.1) is 0 Å². The lowest BCUT2D eigenvalue weighted by atomic mass is 9.76. The second kappa shape index (κ2) is 4.87. The zero-order valence-electron chi connectivity index (χ0n) is 10.4. The predicted octanol–water partition coefficient (Wildman–Crippen LogP) is 2.94. The fraction of sp³-hybridized carbons (Fsp3) is 0.200. The smallest absolute Gasteiger partial charge is 0.532 e. The van der Waals surface area contributed by atoms with Crippen molar-refractivity contribution in [3.63, 3.8) is 0 Å². The molecule has 0 N–H and O–H groups in total. The number of benzene rings is 2. The summed E-state index contributed by atoms with van der Waals surface area (Å²) in [4.78, 5) is 0. The summed E-state index contributed by atoms with van der Waals surface area (Å²) < 4.78 is 12.0. The van der Waals surface area contributed by atoms with Crippen LogP contribution in [-0.4, -0.2) is 7.12 Å². The third-order valence-electron chi connectivity index (χ3n) is 3.23. The molecule has 2 aromatic carbocycles. The Balaban J connectivity index is 1.95. The molecule has 0 saturated heterocycles. The molecule has 1 atom stereocenters. The summed E-state index contributed by atoms with van der Waals surface area (Å²) >= 11 is 0. The van der Waals surface area contributed by atoms with E-state index in [1.54, 1.807) is 0 Å². The lowest BCUT2D eigenvalue weighted by molar-refractivity contribution is 0.153. The van der Waals surface area contributed by atoms with Crippen molar-refractivity contribution in [3.05, 3.63) is 60.2 Å². The van der Waals surface area contributed by atoms with Crippen molar-refractivity contribution in [1.82, 2.24) is 0 Å². The van der Waals surface area contributed by atoms with E-state index in [1.165, 1.54) is 0 Å². The molecule has 0 radical (unpaired) electrons. The predicted molar refractivity (Wildman–Crippen MR) is 73.0 cm³/mol. The number of rotatable bonds is 2. The first-order valence-electron chi connectivity index (χ1n) is 6.34. The third kappa shape index (κ3) is 2.02. The van der Waals surface area contributed by atoms with Crippen molar-refractivity contribution in [3.8, 4) is 5.75 Å². The molecular formula is C15H15BO2. The van der Waals surface area contributed by atoms with Gasteiger partial charge >= 0.3 is 7.12 Å². The van der Waals surface area contributed by atoms with E-state index in [9.17, 15) is 0 Å². The zero-order valence-corrected chi connectivity index (χ0v) is 10.4. The van der Waals surface area contributed by atoms with Crippen LogP contribution >= 0.6 is 0 Å². The third-order valence-corrected chi connectivity index (χ3v) is 3.23. The van der Waals surface area contributed by atoms with Crippen molar-refractivity contribution in [2.45, 2.75) is 19.4 Å². The molecule has 3 rings (SSSR count). The van der Waals surface area contributed by atoms with Crippen molar-refractivity contribution in [2.24, 2.45) is 0 Å². The molecule has 0 aliphatic carbocycles. The van der Waals surface area contributed by atoms with Crippen LogP contribution in [0.15, 0.2) is 54.6 Å². The Morgan fingerprint density at radius 3 is 2.50 bits per heavy atom. The summed E-state index contributed by atoms with van der Waals surface area (Å²) in [6, 6.07) is 18.2. The topological polar surface area (TPSA) is 18.5 Å². The van der Waals surface area contributed by atoms with Crippen LogP contribution < -0.4 is 10.1 Å². The molecule has 90 valence electrons. The molecule has 1 unspecified atom stereocenters. The van der Waals surface area contributed by atoms with Gasteiger partial charge in [0.05, 0.1) is 6.10 Å². The molecule has 1 aliphatic heterocycles. The summed E-state index contributed by atoms with van der Waals surface area (Å²) in [5.41, 5.74) is 2.21. The Kier molecular flexibility index (Phi) is 3.07. The van der Waals surface area contributed by atoms with Gasteiger partial charge in [-0.1, -0.05) is 55.5 Å². The van der Waals surface area contributed by atoms with Gasteiger partial charge in [-0.2, -0.15) is 0 Å². The van der Waals surface area contributed by atoms with Gasteiger partial charge in [0.15, 0.2) is 0 Å². The minimum atomic E-state index is -0.300. The molecule has 0 saturated carbocycles. The van der Waals surface area contributed by atoms with Crippen LogP contribution in [0.25, 0.3) is 0 Å². The molecule has 0 aromatic heterocycles. The fourth-order valence-corrected chi connectivity index (χ4v) is 2.29. The first-order valence-corrected chi connectivity index (χ1v) is 6.34. The lowest BCUT2D eigenvalue weighted by Gasteiger charge is -2.30. The van der Waals surface area contributed by atoms with Crippen molar-refractivity contribution < 1.29 is 9.31 Å². The molecule has 0 amide bonds. The van der Waals surface area contributed by atoms with E-state index in [2.05, 4.69) is 13.0 Å². The molecule has 18 heavy (non-hydrogen) atoms. The second-order valence-electron chi connectivity index (χ2n) is 4.43. The van der Waals surface area contributed by atoms with Gasteiger partial charge in [0.2, 0.25) is 0 Å². The van der Waals surface area contributed by atoms with Gasteiger partial charge in [0, 0.05) is 5.56 Å². The number of hydrogen-bond donors (Lipinski definition) is 0.